The molecule has 0 aliphatic heterocycles. The Morgan fingerprint density at radius 1 is 1.71 bits per heavy atom. The molecule has 0 aromatic carbocycles. The van der Waals surface area contributed by atoms with Gasteiger partial charge in [0.1, 0.15) is 5.76 Å². The molecule has 0 radical (unpaired) electrons. The fourth-order valence-electron chi connectivity index (χ4n) is 1.36. The van der Waals surface area contributed by atoms with Crippen molar-refractivity contribution < 1.29 is 9.21 Å². The van der Waals surface area contributed by atoms with Gasteiger partial charge < -0.3 is 9.73 Å². The van der Waals surface area contributed by atoms with E-state index in [0.717, 1.165) is 5.76 Å². The van der Waals surface area contributed by atoms with Gasteiger partial charge in [-0.25, -0.2) is 0 Å². The summed E-state index contributed by atoms with van der Waals surface area (Å²) in [4.78, 5) is 13.6. The molecule has 0 spiro atoms. The molecule has 0 fully saturated rings. The van der Waals surface area contributed by atoms with Crippen LogP contribution in [-0.4, -0.2) is 30.4 Å². The molecule has 5 nitrogen and oxygen atoms in total. The Hall–Kier alpha value is -1.80. The van der Waals surface area contributed by atoms with Crippen molar-refractivity contribution in [3.05, 3.63) is 24.2 Å². The minimum absolute atomic E-state index is 0.0677. The third-order valence-corrected chi connectivity index (χ3v) is 2.63. The van der Waals surface area contributed by atoms with E-state index in [9.17, 15) is 4.79 Å². The number of rotatable bonds is 6. The second kappa shape index (κ2) is 6.71. The maximum atomic E-state index is 11.8. The molecule has 0 bridgehead atoms. The van der Waals surface area contributed by atoms with E-state index in [4.69, 9.17) is 9.68 Å². The maximum absolute atomic E-state index is 11.8. The predicted molar refractivity (Wildman–Crippen MR) is 62.9 cm³/mol. The lowest BCUT2D eigenvalue weighted by atomic mass is 10.2. The van der Waals surface area contributed by atoms with E-state index >= 15 is 0 Å². The molecular weight excluding hydrogens is 218 g/mol. The van der Waals surface area contributed by atoms with E-state index < -0.39 is 0 Å². The Labute approximate surface area is 101 Å². The Bertz CT molecular complexity index is 381. The average Bonchev–Trinajstić information content (AvgIpc) is 2.85. The van der Waals surface area contributed by atoms with Gasteiger partial charge in [0.15, 0.2) is 0 Å². The zero-order valence-corrected chi connectivity index (χ0v) is 10.1. The van der Waals surface area contributed by atoms with Gasteiger partial charge in [0.05, 0.1) is 24.9 Å². The molecule has 0 aliphatic carbocycles. The maximum Gasteiger partial charge on any atom is 0.237 e. The molecule has 1 aromatic rings. The molecule has 1 aromatic heterocycles. The van der Waals surface area contributed by atoms with E-state index in [-0.39, 0.29) is 11.9 Å². The number of likely N-dealkylation sites (N-methyl/N-ethyl adjacent to an activating group) is 1. The van der Waals surface area contributed by atoms with Crippen molar-refractivity contribution >= 4 is 5.91 Å². The van der Waals surface area contributed by atoms with Gasteiger partial charge in [-0.3, -0.25) is 9.69 Å². The van der Waals surface area contributed by atoms with Crippen molar-refractivity contribution in [3.8, 4) is 6.07 Å². The number of nitrogens with zero attached hydrogens (tertiary/aromatic N) is 2. The number of amides is 1. The van der Waals surface area contributed by atoms with Crippen LogP contribution in [-0.2, 0) is 11.3 Å². The average molecular weight is 235 g/mol. The summed E-state index contributed by atoms with van der Waals surface area (Å²) < 4.78 is 5.12. The number of hydrogen-bond donors (Lipinski definition) is 1. The highest BCUT2D eigenvalue weighted by atomic mass is 16.3. The number of carbonyl (C=O) groups excluding carboxylic acids is 1. The van der Waals surface area contributed by atoms with E-state index in [1.165, 1.54) is 0 Å². The molecule has 1 atom stereocenters. The third kappa shape index (κ3) is 4.29. The lowest BCUT2D eigenvalue weighted by molar-refractivity contribution is -0.125. The van der Waals surface area contributed by atoms with Crippen molar-refractivity contribution in [2.75, 3.05) is 13.6 Å². The quantitative estimate of drug-likeness (QED) is 0.802. The molecule has 0 saturated heterocycles. The topological polar surface area (TPSA) is 69.3 Å². The molecule has 1 heterocycles. The molecule has 1 unspecified atom stereocenters. The van der Waals surface area contributed by atoms with Crippen molar-refractivity contribution in [1.29, 1.82) is 5.26 Å². The second-order valence-corrected chi connectivity index (χ2v) is 3.86. The van der Waals surface area contributed by atoms with Crippen LogP contribution in [0.5, 0.6) is 0 Å². The monoisotopic (exact) mass is 235 g/mol. The zero-order valence-electron chi connectivity index (χ0n) is 10.1. The molecule has 5 heteroatoms. The Morgan fingerprint density at radius 2 is 2.47 bits per heavy atom. The van der Waals surface area contributed by atoms with Gasteiger partial charge in [-0.15, -0.1) is 0 Å². The SMILES string of the molecule is CC(C(=O)NCc1ccco1)N(C)CCC#N. The normalized spacial score (nSPS) is 12.1. The number of nitrogens with one attached hydrogen (secondary N) is 1. The van der Waals surface area contributed by atoms with Crippen molar-refractivity contribution in [1.82, 2.24) is 10.2 Å². The molecular formula is C12H17N3O2. The van der Waals surface area contributed by atoms with Crippen LogP contribution in [0.15, 0.2) is 22.8 Å². The number of furan rings is 1. The Balaban J connectivity index is 2.34. The van der Waals surface area contributed by atoms with Gasteiger partial charge in [-0.1, -0.05) is 0 Å². The fraction of sp³-hybridized carbons (Fsp3) is 0.500. The smallest absolute Gasteiger partial charge is 0.237 e. The van der Waals surface area contributed by atoms with Gasteiger partial charge in [-0.2, -0.15) is 5.26 Å². The number of carbonyl (C=O) groups is 1. The molecule has 1 amide bonds. The van der Waals surface area contributed by atoms with Crippen LogP contribution in [0.3, 0.4) is 0 Å². The summed E-state index contributed by atoms with van der Waals surface area (Å²) in [6.45, 7) is 2.79. The summed E-state index contributed by atoms with van der Waals surface area (Å²) in [5, 5.41) is 11.3. The summed E-state index contributed by atoms with van der Waals surface area (Å²) in [6, 6.07) is 5.40. The standard InChI is InChI=1S/C12H17N3O2/c1-10(15(2)7-4-6-13)12(16)14-9-11-5-3-8-17-11/h3,5,8,10H,4,7,9H2,1-2H3,(H,14,16). The zero-order chi connectivity index (χ0) is 12.7. The van der Waals surface area contributed by atoms with Gasteiger partial charge in [-0.05, 0) is 26.1 Å². The Morgan fingerprint density at radius 3 is 3.06 bits per heavy atom. The van der Waals surface area contributed by atoms with E-state index in [0.29, 0.717) is 19.5 Å². The van der Waals surface area contributed by atoms with Gasteiger partial charge in [0.2, 0.25) is 5.91 Å². The third-order valence-electron chi connectivity index (χ3n) is 2.63. The van der Waals surface area contributed by atoms with Crippen LogP contribution in [0, 0.1) is 11.3 Å². The molecule has 0 saturated carbocycles. The van der Waals surface area contributed by atoms with Crippen molar-refractivity contribution in [2.45, 2.75) is 25.9 Å². The first kappa shape index (κ1) is 13.3. The summed E-state index contributed by atoms with van der Waals surface area (Å²) >= 11 is 0. The van der Waals surface area contributed by atoms with Gasteiger partial charge in [0, 0.05) is 13.0 Å². The lowest BCUT2D eigenvalue weighted by Crippen LogP contribution is -2.43. The van der Waals surface area contributed by atoms with Gasteiger partial charge >= 0.3 is 0 Å². The second-order valence-electron chi connectivity index (χ2n) is 3.86. The van der Waals surface area contributed by atoms with Crippen molar-refractivity contribution in [3.63, 3.8) is 0 Å². The summed E-state index contributed by atoms with van der Waals surface area (Å²) in [5.41, 5.74) is 0. The first-order valence-corrected chi connectivity index (χ1v) is 5.52. The van der Waals surface area contributed by atoms with E-state index in [1.807, 2.05) is 24.9 Å². The van der Waals surface area contributed by atoms with Crippen LogP contribution in [0.1, 0.15) is 19.1 Å². The highest BCUT2D eigenvalue weighted by Crippen LogP contribution is 2.01. The summed E-state index contributed by atoms with van der Waals surface area (Å²) in [5.74, 6) is 0.659. The van der Waals surface area contributed by atoms with Crippen LogP contribution in [0.2, 0.25) is 0 Å². The van der Waals surface area contributed by atoms with E-state index in [2.05, 4.69) is 11.4 Å². The van der Waals surface area contributed by atoms with Crippen LogP contribution in [0.25, 0.3) is 0 Å². The van der Waals surface area contributed by atoms with Gasteiger partial charge in [0.25, 0.3) is 0 Å². The van der Waals surface area contributed by atoms with Crippen molar-refractivity contribution in [2.24, 2.45) is 0 Å². The summed E-state index contributed by atoms with van der Waals surface area (Å²) in [6.07, 6.45) is 2.00. The van der Waals surface area contributed by atoms with Crippen LogP contribution >= 0.6 is 0 Å². The van der Waals surface area contributed by atoms with E-state index in [1.54, 1.807) is 12.3 Å². The number of hydrogen-bond acceptors (Lipinski definition) is 4. The largest absolute Gasteiger partial charge is 0.467 e. The fourth-order valence-corrected chi connectivity index (χ4v) is 1.36. The minimum atomic E-state index is -0.252. The Kier molecular flexibility index (Phi) is 5.24. The predicted octanol–water partition coefficient (Wildman–Crippen LogP) is 1.13. The summed E-state index contributed by atoms with van der Waals surface area (Å²) in [7, 11) is 1.83. The molecule has 92 valence electrons. The molecule has 1 rings (SSSR count). The molecule has 0 aliphatic rings. The minimum Gasteiger partial charge on any atom is -0.467 e. The first-order chi connectivity index (χ1) is 8.15. The lowest BCUT2D eigenvalue weighted by Gasteiger charge is -2.22. The van der Waals surface area contributed by atoms with Crippen LogP contribution in [0.4, 0.5) is 0 Å². The number of nitriles is 1. The molecule has 17 heavy (non-hydrogen) atoms. The van der Waals surface area contributed by atoms with Crippen LogP contribution < -0.4 is 5.32 Å². The highest BCUT2D eigenvalue weighted by Gasteiger charge is 2.17. The molecule has 1 N–H and O–H groups in total. The highest BCUT2D eigenvalue weighted by molar-refractivity contribution is 5.81. The first-order valence-electron chi connectivity index (χ1n) is 5.52.